The molecule has 1 aromatic rings. The van der Waals surface area contributed by atoms with Gasteiger partial charge in [0.2, 0.25) is 5.91 Å². The van der Waals surface area contributed by atoms with Crippen LogP contribution in [0.25, 0.3) is 0 Å². The van der Waals surface area contributed by atoms with E-state index in [9.17, 15) is 4.79 Å². The van der Waals surface area contributed by atoms with Crippen LogP contribution in [0.4, 0.5) is 0 Å². The molecule has 1 amide bonds. The molecular formula is C14H21NO2S. The van der Waals surface area contributed by atoms with Crippen molar-refractivity contribution in [3.63, 3.8) is 0 Å². The van der Waals surface area contributed by atoms with E-state index >= 15 is 0 Å². The molecule has 0 radical (unpaired) electrons. The number of hydrogen-bond acceptors (Lipinski definition) is 3. The minimum atomic E-state index is -0.262. The van der Waals surface area contributed by atoms with Crippen LogP contribution in [0.5, 0.6) is 0 Å². The highest BCUT2D eigenvalue weighted by Gasteiger charge is 2.28. The number of amides is 1. The molecule has 3 nitrogen and oxygen atoms in total. The lowest BCUT2D eigenvalue weighted by Crippen LogP contribution is -2.41. The Hall–Kier alpha value is -0.870. The number of nitrogens with zero attached hydrogens (tertiary/aromatic N) is 1. The number of carbonyl (C=O) groups is 1. The first-order valence-electron chi connectivity index (χ1n) is 6.38. The Balaban J connectivity index is 2.01. The maximum absolute atomic E-state index is 12.2. The third kappa shape index (κ3) is 2.93. The Morgan fingerprint density at radius 1 is 1.56 bits per heavy atom. The summed E-state index contributed by atoms with van der Waals surface area (Å²) in [6.45, 7) is 8.98. The molecule has 1 aromatic heterocycles. The molecule has 18 heavy (non-hydrogen) atoms. The standard InChI is InChI=1S/C14H21NO2S/c1-10-11-6-8-18-12(11)5-7-15(10)13(16)9-17-14(2,3)4/h6,8,10H,5,7,9H2,1-4H3. The monoisotopic (exact) mass is 267 g/mol. The number of carbonyl (C=O) groups excluding carboxylic acids is 1. The van der Waals surface area contributed by atoms with Crippen LogP contribution in [-0.2, 0) is 16.0 Å². The molecular weight excluding hydrogens is 246 g/mol. The Bertz CT molecular complexity index is 433. The van der Waals surface area contributed by atoms with Gasteiger partial charge in [-0.25, -0.2) is 0 Å². The van der Waals surface area contributed by atoms with Crippen molar-refractivity contribution in [3.8, 4) is 0 Å². The van der Waals surface area contributed by atoms with Crippen LogP contribution in [0, 0.1) is 0 Å². The molecule has 1 unspecified atom stereocenters. The van der Waals surface area contributed by atoms with Gasteiger partial charge in [-0.3, -0.25) is 4.79 Å². The maximum Gasteiger partial charge on any atom is 0.249 e. The number of hydrogen-bond donors (Lipinski definition) is 0. The summed E-state index contributed by atoms with van der Waals surface area (Å²) in [4.78, 5) is 15.5. The molecule has 2 heterocycles. The minimum absolute atomic E-state index is 0.0919. The lowest BCUT2D eigenvalue weighted by atomic mass is 10.0. The first-order valence-corrected chi connectivity index (χ1v) is 7.26. The van der Waals surface area contributed by atoms with Gasteiger partial charge >= 0.3 is 0 Å². The van der Waals surface area contributed by atoms with Gasteiger partial charge in [0, 0.05) is 11.4 Å². The lowest BCUT2D eigenvalue weighted by molar-refractivity contribution is -0.143. The van der Waals surface area contributed by atoms with Gasteiger partial charge in [-0.2, -0.15) is 0 Å². The van der Waals surface area contributed by atoms with Crippen molar-refractivity contribution in [3.05, 3.63) is 21.9 Å². The fourth-order valence-corrected chi connectivity index (χ4v) is 3.17. The summed E-state index contributed by atoms with van der Waals surface area (Å²) >= 11 is 1.79. The molecule has 1 aliphatic rings. The summed E-state index contributed by atoms with van der Waals surface area (Å²) < 4.78 is 5.57. The third-order valence-electron chi connectivity index (χ3n) is 3.23. The quantitative estimate of drug-likeness (QED) is 0.824. The van der Waals surface area contributed by atoms with Crippen molar-refractivity contribution in [2.24, 2.45) is 0 Å². The smallest absolute Gasteiger partial charge is 0.249 e. The van der Waals surface area contributed by atoms with Gasteiger partial charge in [0.25, 0.3) is 0 Å². The van der Waals surface area contributed by atoms with Gasteiger partial charge in [0.15, 0.2) is 0 Å². The average Bonchev–Trinajstić information content (AvgIpc) is 2.74. The summed E-state index contributed by atoms with van der Waals surface area (Å²) in [7, 11) is 0. The second kappa shape index (κ2) is 5.02. The topological polar surface area (TPSA) is 29.5 Å². The van der Waals surface area contributed by atoms with E-state index < -0.39 is 0 Å². The van der Waals surface area contributed by atoms with Crippen molar-refractivity contribution in [2.75, 3.05) is 13.2 Å². The van der Waals surface area contributed by atoms with Crippen LogP contribution in [0.2, 0.25) is 0 Å². The molecule has 0 bridgehead atoms. The molecule has 0 saturated heterocycles. The normalized spacial score (nSPS) is 19.8. The van der Waals surface area contributed by atoms with E-state index in [1.165, 1.54) is 10.4 Å². The van der Waals surface area contributed by atoms with Crippen LogP contribution in [0.15, 0.2) is 11.4 Å². The third-order valence-corrected chi connectivity index (χ3v) is 4.22. The zero-order valence-corrected chi connectivity index (χ0v) is 12.3. The molecule has 0 spiro atoms. The van der Waals surface area contributed by atoms with Crippen molar-refractivity contribution < 1.29 is 9.53 Å². The summed E-state index contributed by atoms with van der Waals surface area (Å²) in [5.41, 5.74) is 1.04. The van der Waals surface area contributed by atoms with E-state index in [-0.39, 0.29) is 24.2 Å². The van der Waals surface area contributed by atoms with Gasteiger partial charge in [0.05, 0.1) is 11.6 Å². The summed E-state index contributed by atoms with van der Waals surface area (Å²) in [5.74, 6) is 0.0919. The number of rotatable bonds is 2. The Morgan fingerprint density at radius 2 is 2.28 bits per heavy atom. The molecule has 0 aliphatic carbocycles. The van der Waals surface area contributed by atoms with Crippen LogP contribution in [-0.4, -0.2) is 29.6 Å². The fraction of sp³-hybridized carbons (Fsp3) is 0.643. The molecule has 100 valence electrons. The van der Waals surface area contributed by atoms with Gasteiger partial charge < -0.3 is 9.64 Å². The van der Waals surface area contributed by atoms with Crippen molar-refractivity contribution in [1.29, 1.82) is 0 Å². The Kier molecular flexibility index (Phi) is 3.78. The van der Waals surface area contributed by atoms with Crippen LogP contribution >= 0.6 is 11.3 Å². The predicted octanol–water partition coefficient (Wildman–Crippen LogP) is 3.01. The van der Waals surface area contributed by atoms with E-state index in [2.05, 4.69) is 18.4 Å². The molecule has 0 fully saturated rings. The van der Waals surface area contributed by atoms with E-state index in [0.29, 0.717) is 0 Å². The van der Waals surface area contributed by atoms with Crippen molar-refractivity contribution >= 4 is 17.2 Å². The first-order chi connectivity index (χ1) is 8.38. The van der Waals surface area contributed by atoms with Crippen LogP contribution in [0.3, 0.4) is 0 Å². The van der Waals surface area contributed by atoms with E-state index in [4.69, 9.17) is 4.74 Å². The van der Waals surface area contributed by atoms with E-state index in [1.54, 1.807) is 11.3 Å². The minimum Gasteiger partial charge on any atom is -0.366 e. The molecule has 4 heteroatoms. The Morgan fingerprint density at radius 3 is 2.94 bits per heavy atom. The molecule has 0 N–H and O–H groups in total. The lowest BCUT2D eigenvalue weighted by Gasteiger charge is -2.34. The zero-order valence-electron chi connectivity index (χ0n) is 11.5. The van der Waals surface area contributed by atoms with Crippen LogP contribution in [0.1, 0.15) is 44.2 Å². The zero-order chi connectivity index (χ0) is 13.3. The SMILES string of the molecule is CC1c2ccsc2CCN1C(=O)COC(C)(C)C. The number of fused-ring (bicyclic) bond motifs is 1. The Labute approximate surface area is 113 Å². The molecule has 2 rings (SSSR count). The van der Waals surface area contributed by atoms with E-state index in [0.717, 1.165) is 13.0 Å². The van der Waals surface area contributed by atoms with Crippen molar-refractivity contribution in [1.82, 2.24) is 4.90 Å². The van der Waals surface area contributed by atoms with Gasteiger partial charge in [-0.15, -0.1) is 11.3 Å². The average molecular weight is 267 g/mol. The van der Waals surface area contributed by atoms with Crippen LogP contribution < -0.4 is 0 Å². The largest absolute Gasteiger partial charge is 0.366 e. The molecule has 1 atom stereocenters. The number of ether oxygens (including phenoxy) is 1. The van der Waals surface area contributed by atoms with Gasteiger partial charge in [-0.05, 0) is 51.1 Å². The highest BCUT2D eigenvalue weighted by atomic mass is 32.1. The fourth-order valence-electron chi connectivity index (χ4n) is 2.21. The highest BCUT2D eigenvalue weighted by molar-refractivity contribution is 7.10. The van der Waals surface area contributed by atoms with Crippen molar-refractivity contribution in [2.45, 2.75) is 45.8 Å². The number of thiophene rings is 1. The van der Waals surface area contributed by atoms with E-state index in [1.807, 2.05) is 25.7 Å². The molecule has 0 saturated carbocycles. The maximum atomic E-state index is 12.2. The first kappa shape index (κ1) is 13.6. The summed E-state index contributed by atoms with van der Waals surface area (Å²) in [6.07, 6.45) is 0.971. The summed E-state index contributed by atoms with van der Waals surface area (Å²) in [6, 6.07) is 2.31. The highest BCUT2D eigenvalue weighted by Crippen LogP contribution is 2.32. The summed E-state index contributed by atoms with van der Waals surface area (Å²) in [5, 5.41) is 2.11. The van der Waals surface area contributed by atoms with Gasteiger partial charge in [0.1, 0.15) is 6.61 Å². The second-order valence-corrected chi connectivity index (χ2v) is 6.71. The molecule has 1 aliphatic heterocycles. The molecule has 0 aromatic carbocycles. The van der Waals surface area contributed by atoms with Gasteiger partial charge in [-0.1, -0.05) is 0 Å². The predicted molar refractivity (Wildman–Crippen MR) is 73.9 cm³/mol. The second-order valence-electron chi connectivity index (χ2n) is 5.71.